The summed E-state index contributed by atoms with van der Waals surface area (Å²) in [4.78, 5) is 18.6. The van der Waals surface area contributed by atoms with Gasteiger partial charge >= 0.3 is 7.82 Å². The Morgan fingerprint density at radius 3 is 2.00 bits per heavy atom. The van der Waals surface area contributed by atoms with Crippen molar-refractivity contribution in [3.8, 4) is 51.3 Å². The first-order valence-electron chi connectivity index (χ1n) is 8.46. The zero-order valence-corrected chi connectivity index (χ0v) is 17.5. The number of aromatic amines is 1. The molecule has 0 saturated heterocycles. The molecule has 1 aromatic heterocycles. The number of rotatable bonds is 8. The molecular weight excluding hydrogens is 417 g/mol. The van der Waals surface area contributed by atoms with E-state index in [1.54, 1.807) is 24.3 Å². The molecule has 3 N–H and O–H groups in total. The Morgan fingerprint density at radius 1 is 0.833 bits per heavy atom. The number of phosphoric ester groups is 1. The van der Waals surface area contributed by atoms with Crippen molar-refractivity contribution in [1.29, 1.82) is 0 Å². The molecular formula is C18H20N3O8P. The van der Waals surface area contributed by atoms with Crippen molar-refractivity contribution >= 4 is 7.82 Å². The Kier molecular flexibility index (Phi) is 6.16. The van der Waals surface area contributed by atoms with Crippen molar-refractivity contribution in [2.45, 2.75) is 0 Å². The normalized spacial score (nSPS) is 11.1. The quantitative estimate of drug-likeness (QED) is 0.450. The van der Waals surface area contributed by atoms with Gasteiger partial charge in [-0.05, 0) is 24.3 Å². The number of nitrogens with zero attached hydrogens (tertiary/aromatic N) is 2. The smallest absolute Gasteiger partial charge is 0.497 e. The molecule has 0 unspecified atom stereocenters. The topological polar surface area (TPSA) is 145 Å². The highest BCUT2D eigenvalue weighted by molar-refractivity contribution is 7.46. The molecule has 0 amide bonds. The van der Waals surface area contributed by atoms with E-state index in [2.05, 4.69) is 15.4 Å². The summed E-state index contributed by atoms with van der Waals surface area (Å²) >= 11 is 0. The van der Waals surface area contributed by atoms with Crippen LogP contribution < -0.4 is 23.5 Å². The predicted molar refractivity (Wildman–Crippen MR) is 106 cm³/mol. The highest BCUT2D eigenvalue weighted by Crippen LogP contribution is 2.46. The Labute approximate surface area is 171 Å². The average Bonchev–Trinajstić information content (AvgIpc) is 3.20. The lowest BCUT2D eigenvalue weighted by atomic mass is 10.0. The van der Waals surface area contributed by atoms with Gasteiger partial charge in [0, 0.05) is 17.2 Å². The number of phosphoric acid groups is 1. The molecule has 2 aromatic carbocycles. The van der Waals surface area contributed by atoms with E-state index in [9.17, 15) is 14.4 Å². The predicted octanol–water partition coefficient (Wildman–Crippen LogP) is 2.64. The van der Waals surface area contributed by atoms with E-state index in [4.69, 9.17) is 23.5 Å². The van der Waals surface area contributed by atoms with Crippen LogP contribution >= 0.6 is 7.82 Å². The summed E-state index contributed by atoms with van der Waals surface area (Å²) in [7, 11) is 1.05. The second-order valence-electron chi connectivity index (χ2n) is 5.88. The molecule has 160 valence electrons. The molecule has 0 bridgehead atoms. The number of methoxy groups -OCH3 is 4. The standard InChI is InChI=1S/C18H20N3O8P/c1-25-11-5-6-12(13(9-11)29-30(22,23)24)17-16(19-21-20-17)10-7-14(26-2)18(28-4)15(8-10)27-3/h5-9H,1-4H3,(H,19,20,21)(H2,22,23,24). The average molecular weight is 437 g/mol. The highest BCUT2D eigenvalue weighted by atomic mass is 31.2. The Hall–Kier alpha value is -3.27. The molecule has 0 aliphatic rings. The number of nitrogens with one attached hydrogen (secondary N) is 1. The number of aromatic nitrogens is 3. The molecule has 0 fully saturated rings. The summed E-state index contributed by atoms with van der Waals surface area (Å²) in [6, 6.07) is 7.87. The molecule has 1 heterocycles. The van der Waals surface area contributed by atoms with Crippen molar-refractivity contribution in [1.82, 2.24) is 15.4 Å². The van der Waals surface area contributed by atoms with E-state index in [-0.39, 0.29) is 17.0 Å². The minimum absolute atomic E-state index is 0.120. The van der Waals surface area contributed by atoms with Crippen LogP contribution in [-0.2, 0) is 4.57 Å². The van der Waals surface area contributed by atoms with Crippen molar-refractivity contribution in [3.63, 3.8) is 0 Å². The Morgan fingerprint density at radius 2 is 1.47 bits per heavy atom. The molecule has 0 radical (unpaired) electrons. The van der Waals surface area contributed by atoms with Crippen LogP contribution in [0.15, 0.2) is 30.3 Å². The lowest BCUT2D eigenvalue weighted by Gasteiger charge is -2.15. The van der Waals surface area contributed by atoms with Crippen LogP contribution in [0.1, 0.15) is 0 Å². The van der Waals surface area contributed by atoms with Gasteiger partial charge in [-0.3, -0.25) is 9.79 Å². The summed E-state index contributed by atoms with van der Waals surface area (Å²) in [5.74, 6) is 1.44. The fourth-order valence-electron chi connectivity index (χ4n) is 2.87. The molecule has 11 nitrogen and oxygen atoms in total. The van der Waals surface area contributed by atoms with E-state index in [1.165, 1.54) is 34.5 Å². The van der Waals surface area contributed by atoms with Crippen LogP contribution in [-0.4, -0.2) is 53.6 Å². The van der Waals surface area contributed by atoms with Crippen LogP contribution in [0.5, 0.6) is 28.7 Å². The summed E-state index contributed by atoms with van der Waals surface area (Å²) in [5.41, 5.74) is 1.51. The van der Waals surface area contributed by atoms with E-state index in [0.29, 0.717) is 34.3 Å². The molecule has 0 aliphatic carbocycles. The van der Waals surface area contributed by atoms with Crippen LogP contribution in [0.3, 0.4) is 0 Å². The zero-order chi connectivity index (χ0) is 21.9. The van der Waals surface area contributed by atoms with Gasteiger partial charge in [-0.2, -0.15) is 15.4 Å². The minimum atomic E-state index is -4.84. The van der Waals surface area contributed by atoms with Gasteiger partial charge in [-0.25, -0.2) is 4.57 Å². The molecule has 3 aromatic rings. The van der Waals surface area contributed by atoms with Gasteiger partial charge in [0.1, 0.15) is 22.9 Å². The second-order valence-corrected chi connectivity index (χ2v) is 7.04. The largest absolute Gasteiger partial charge is 0.524 e. The Balaban J connectivity index is 2.18. The third-order valence-electron chi connectivity index (χ3n) is 4.15. The monoisotopic (exact) mass is 437 g/mol. The fourth-order valence-corrected chi connectivity index (χ4v) is 3.27. The van der Waals surface area contributed by atoms with Crippen molar-refractivity contribution in [2.75, 3.05) is 28.4 Å². The van der Waals surface area contributed by atoms with E-state index in [0.717, 1.165) is 0 Å². The van der Waals surface area contributed by atoms with Gasteiger partial charge in [0.15, 0.2) is 11.5 Å². The first-order valence-corrected chi connectivity index (χ1v) is 9.99. The van der Waals surface area contributed by atoms with Gasteiger partial charge in [0.25, 0.3) is 0 Å². The first-order chi connectivity index (χ1) is 14.3. The van der Waals surface area contributed by atoms with E-state index < -0.39 is 7.82 Å². The molecule has 3 rings (SSSR count). The van der Waals surface area contributed by atoms with E-state index >= 15 is 0 Å². The fraction of sp³-hybridized carbons (Fsp3) is 0.222. The number of hydrogen-bond acceptors (Lipinski definition) is 8. The van der Waals surface area contributed by atoms with Gasteiger partial charge in [-0.15, -0.1) is 0 Å². The maximum atomic E-state index is 11.5. The van der Waals surface area contributed by atoms with E-state index in [1.807, 2.05) is 0 Å². The molecule has 0 aliphatic heterocycles. The molecule has 12 heteroatoms. The first kappa shape index (κ1) is 21.4. The highest BCUT2D eigenvalue weighted by Gasteiger charge is 2.24. The number of ether oxygens (including phenoxy) is 4. The number of benzene rings is 2. The van der Waals surface area contributed by atoms with Crippen LogP contribution in [0, 0.1) is 0 Å². The summed E-state index contributed by atoms with van der Waals surface area (Å²) < 4.78 is 37.5. The van der Waals surface area contributed by atoms with Crippen molar-refractivity contribution < 1.29 is 37.8 Å². The van der Waals surface area contributed by atoms with Gasteiger partial charge < -0.3 is 23.5 Å². The van der Waals surface area contributed by atoms with Crippen molar-refractivity contribution in [2.24, 2.45) is 0 Å². The van der Waals surface area contributed by atoms with Crippen LogP contribution in [0.25, 0.3) is 22.5 Å². The number of H-pyrrole nitrogens is 1. The maximum Gasteiger partial charge on any atom is 0.524 e. The summed E-state index contributed by atoms with van der Waals surface area (Å²) in [5, 5.41) is 10.8. The third kappa shape index (κ3) is 4.33. The van der Waals surface area contributed by atoms with Gasteiger partial charge in [0.2, 0.25) is 5.75 Å². The van der Waals surface area contributed by atoms with Crippen LogP contribution in [0.4, 0.5) is 0 Å². The molecule has 0 spiro atoms. The summed E-state index contributed by atoms with van der Waals surface area (Å²) in [6.07, 6.45) is 0. The molecule has 30 heavy (non-hydrogen) atoms. The molecule has 0 atom stereocenters. The van der Waals surface area contributed by atoms with Crippen LogP contribution in [0.2, 0.25) is 0 Å². The number of hydrogen-bond donors (Lipinski definition) is 3. The van der Waals surface area contributed by atoms with Gasteiger partial charge in [0.05, 0.1) is 28.4 Å². The maximum absolute atomic E-state index is 11.5. The SMILES string of the molecule is COc1ccc(-c2n[nH]nc2-c2cc(OC)c(OC)c(OC)c2)c(OP(=O)(O)O)c1. The summed E-state index contributed by atoms with van der Waals surface area (Å²) in [6.45, 7) is 0. The minimum Gasteiger partial charge on any atom is -0.497 e. The van der Waals surface area contributed by atoms with Crippen molar-refractivity contribution in [3.05, 3.63) is 30.3 Å². The zero-order valence-electron chi connectivity index (χ0n) is 16.6. The Bertz CT molecular complexity index is 1070. The third-order valence-corrected chi connectivity index (χ3v) is 4.58. The van der Waals surface area contributed by atoms with Gasteiger partial charge in [-0.1, -0.05) is 0 Å². The second kappa shape index (κ2) is 8.62. The lowest BCUT2D eigenvalue weighted by molar-refractivity contribution is 0.283. The lowest BCUT2D eigenvalue weighted by Crippen LogP contribution is -1.97. The molecule has 0 saturated carbocycles.